The van der Waals surface area contributed by atoms with Crippen LogP contribution in [0, 0.1) is 27.7 Å². The normalized spacial score (nSPS) is 11.5. The van der Waals surface area contributed by atoms with Crippen molar-refractivity contribution in [3.63, 3.8) is 0 Å². The second-order valence-corrected chi connectivity index (χ2v) is 9.28. The third-order valence-electron chi connectivity index (χ3n) is 4.99. The van der Waals surface area contributed by atoms with E-state index >= 15 is 0 Å². The first-order chi connectivity index (χ1) is 15.4. The fourth-order valence-corrected chi connectivity index (χ4v) is 3.66. The number of carbonyl (C=O) groups excluding carboxylic acids is 2. The van der Waals surface area contributed by atoms with Crippen molar-refractivity contribution < 1.29 is 14.3 Å². The molecular weight excluding hydrogens is 420 g/mol. The largest absolute Gasteiger partial charge is 0.444 e. The maximum atomic E-state index is 12.5. The van der Waals surface area contributed by atoms with Crippen LogP contribution in [0.5, 0.6) is 0 Å². The van der Waals surface area contributed by atoms with Crippen molar-refractivity contribution in [1.82, 2.24) is 24.9 Å². The molecule has 2 amide bonds. The Hall–Kier alpha value is -3.49. The van der Waals surface area contributed by atoms with Crippen molar-refractivity contribution in [3.05, 3.63) is 52.1 Å². The smallest absolute Gasteiger partial charge is 0.408 e. The van der Waals surface area contributed by atoms with Gasteiger partial charge in [-0.15, -0.1) is 5.10 Å². The first-order valence-corrected chi connectivity index (χ1v) is 11.0. The molecule has 2 N–H and O–H groups in total. The highest BCUT2D eigenvalue weighted by Gasteiger charge is 2.18. The van der Waals surface area contributed by atoms with Gasteiger partial charge in [0, 0.05) is 23.5 Å². The molecule has 3 aromatic rings. The highest BCUT2D eigenvalue weighted by Crippen LogP contribution is 2.18. The molecule has 176 valence electrons. The van der Waals surface area contributed by atoms with E-state index in [0.29, 0.717) is 24.4 Å². The van der Waals surface area contributed by atoms with Crippen LogP contribution in [0.2, 0.25) is 0 Å². The third kappa shape index (κ3) is 6.50. The monoisotopic (exact) mass is 452 g/mol. The summed E-state index contributed by atoms with van der Waals surface area (Å²) in [6.07, 6.45) is 0.323. The maximum absolute atomic E-state index is 12.5. The third-order valence-corrected chi connectivity index (χ3v) is 4.99. The van der Waals surface area contributed by atoms with Crippen LogP contribution in [0.4, 0.5) is 10.5 Å². The Labute approximate surface area is 194 Å². The van der Waals surface area contributed by atoms with Crippen molar-refractivity contribution in [2.45, 2.75) is 73.5 Å². The quantitative estimate of drug-likeness (QED) is 0.586. The number of carbonyl (C=O) groups is 2. The van der Waals surface area contributed by atoms with Crippen molar-refractivity contribution >= 4 is 23.5 Å². The Morgan fingerprint density at radius 1 is 1.03 bits per heavy atom. The van der Waals surface area contributed by atoms with Crippen molar-refractivity contribution in [2.75, 3.05) is 5.32 Å². The van der Waals surface area contributed by atoms with Crippen LogP contribution in [0.1, 0.15) is 61.1 Å². The van der Waals surface area contributed by atoms with Crippen LogP contribution < -0.4 is 10.6 Å². The Balaban J connectivity index is 1.68. The van der Waals surface area contributed by atoms with E-state index in [-0.39, 0.29) is 12.5 Å². The van der Waals surface area contributed by atoms with Crippen LogP contribution >= 0.6 is 0 Å². The molecule has 0 spiro atoms. The first kappa shape index (κ1) is 24.2. The zero-order valence-corrected chi connectivity index (χ0v) is 20.4. The number of hydrogen-bond acceptors (Lipinski definition) is 6. The van der Waals surface area contributed by atoms with E-state index in [0.717, 1.165) is 33.8 Å². The predicted molar refractivity (Wildman–Crippen MR) is 126 cm³/mol. The standard InChI is InChI=1S/C24H32N6O3/c1-14-10-15(2)12-18(11-14)27-21(31)9-8-19-16(3)26-22-28-20(29-30(22)17(19)4)13-25-23(32)33-24(5,6)7/h10-12H,8-9,13H2,1-7H3,(H,25,32)(H,27,31). The molecule has 0 saturated heterocycles. The van der Waals surface area contributed by atoms with Crippen molar-refractivity contribution in [1.29, 1.82) is 0 Å². The van der Waals surface area contributed by atoms with Gasteiger partial charge >= 0.3 is 6.09 Å². The molecule has 0 atom stereocenters. The van der Waals surface area contributed by atoms with Crippen LogP contribution in [0.25, 0.3) is 5.78 Å². The van der Waals surface area contributed by atoms with Gasteiger partial charge in [-0.3, -0.25) is 4.79 Å². The molecular formula is C24H32N6O3. The highest BCUT2D eigenvalue weighted by atomic mass is 16.6. The second-order valence-electron chi connectivity index (χ2n) is 9.28. The number of amides is 2. The topological polar surface area (TPSA) is 111 Å². The Bertz CT molecular complexity index is 1170. The number of hydrogen-bond donors (Lipinski definition) is 2. The van der Waals surface area contributed by atoms with E-state index in [2.05, 4.69) is 31.8 Å². The molecule has 9 heteroatoms. The number of anilines is 1. The van der Waals surface area contributed by atoms with Crippen LogP contribution in [0.3, 0.4) is 0 Å². The Morgan fingerprint density at radius 2 is 1.70 bits per heavy atom. The van der Waals surface area contributed by atoms with Gasteiger partial charge < -0.3 is 15.4 Å². The Kier molecular flexibility index (Phi) is 7.00. The van der Waals surface area contributed by atoms with E-state index in [9.17, 15) is 9.59 Å². The van der Waals surface area contributed by atoms with E-state index in [1.54, 1.807) is 25.3 Å². The molecule has 0 aliphatic carbocycles. The lowest BCUT2D eigenvalue weighted by molar-refractivity contribution is -0.116. The molecule has 0 aliphatic heterocycles. The van der Waals surface area contributed by atoms with Crippen molar-refractivity contribution in [2.24, 2.45) is 0 Å². The minimum absolute atomic E-state index is 0.0558. The average molecular weight is 453 g/mol. The molecule has 0 fully saturated rings. The summed E-state index contributed by atoms with van der Waals surface area (Å²) in [5.41, 5.74) is 5.06. The zero-order valence-electron chi connectivity index (χ0n) is 20.4. The van der Waals surface area contributed by atoms with Gasteiger partial charge in [0.2, 0.25) is 5.91 Å². The summed E-state index contributed by atoms with van der Waals surface area (Å²) in [5.74, 6) is 0.828. The van der Waals surface area contributed by atoms with E-state index < -0.39 is 11.7 Å². The summed E-state index contributed by atoms with van der Waals surface area (Å²) in [6, 6.07) is 5.98. The molecule has 0 radical (unpaired) electrons. The molecule has 33 heavy (non-hydrogen) atoms. The number of nitrogens with one attached hydrogen (secondary N) is 2. The predicted octanol–water partition coefficient (Wildman–Crippen LogP) is 3.95. The van der Waals surface area contributed by atoms with Gasteiger partial charge in [0.15, 0.2) is 5.82 Å². The van der Waals surface area contributed by atoms with Gasteiger partial charge in [0.1, 0.15) is 5.60 Å². The summed E-state index contributed by atoms with van der Waals surface area (Å²) >= 11 is 0. The number of alkyl carbamates (subject to hydrolysis) is 1. The number of benzene rings is 1. The molecule has 0 aliphatic rings. The molecule has 9 nitrogen and oxygen atoms in total. The molecule has 0 unspecified atom stereocenters. The lowest BCUT2D eigenvalue weighted by Crippen LogP contribution is -2.32. The highest BCUT2D eigenvalue weighted by molar-refractivity contribution is 5.91. The average Bonchev–Trinajstić information content (AvgIpc) is 3.07. The lowest BCUT2D eigenvalue weighted by atomic mass is 10.1. The van der Waals surface area contributed by atoms with Gasteiger partial charge in [-0.25, -0.2) is 14.3 Å². The van der Waals surface area contributed by atoms with Gasteiger partial charge in [0.05, 0.1) is 6.54 Å². The first-order valence-electron chi connectivity index (χ1n) is 11.0. The summed E-state index contributed by atoms with van der Waals surface area (Å²) < 4.78 is 6.89. The Morgan fingerprint density at radius 3 is 2.33 bits per heavy atom. The number of aromatic nitrogens is 4. The van der Waals surface area contributed by atoms with E-state index in [1.165, 1.54) is 0 Å². The molecule has 2 aromatic heterocycles. The summed E-state index contributed by atoms with van der Waals surface area (Å²) in [7, 11) is 0. The van der Waals surface area contributed by atoms with Crippen molar-refractivity contribution in [3.8, 4) is 0 Å². The van der Waals surface area contributed by atoms with Crippen LogP contribution in [-0.4, -0.2) is 37.2 Å². The number of fused-ring (bicyclic) bond motifs is 1. The van der Waals surface area contributed by atoms with Crippen LogP contribution in [-0.2, 0) is 22.5 Å². The van der Waals surface area contributed by atoms with E-state index in [4.69, 9.17) is 4.74 Å². The molecule has 1 aromatic carbocycles. The summed E-state index contributed by atoms with van der Waals surface area (Å²) in [5, 5.41) is 10.1. The number of nitrogens with zero attached hydrogens (tertiary/aromatic N) is 4. The summed E-state index contributed by atoms with van der Waals surface area (Å²) in [4.78, 5) is 33.4. The number of rotatable bonds is 6. The maximum Gasteiger partial charge on any atom is 0.408 e. The number of ether oxygens (including phenoxy) is 1. The van der Waals surface area contributed by atoms with Gasteiger partial charge in [0.25, 0.3) is 5.78 Å². The lowest BCUT2D eigenvalue weighted by Gasteiger charge is -2.19. The molecule has 0 bridgehead atoms. The van der Waals surface area contributed by atoms with Gasteiger partial charge in [-0.05, 0) is 83.7 Å². The van der Waals surface area contributed by atoms with Gasteiger partial charge in [-0.1, -0.05) is 6.07 Å². The minimum Gasteiger partial charge on any atom is -0.444 e. The SMILES string of the molecule is Cc1cc(C)cc(NC(=O)CCc2c(C)nc3nc(CNC(=O)OC(C)(C)C)nn3c2C)c1. The fourth-order valence-electron chi connectivity index (χ4n) is 3.66. The van der Waals surface area contributed by atoms with Crippen LogP contribution in [0.15, 0.2) is 18.2 Å². The number of aryl methyl sites for hydroxylation is 4. The molecule has 3 rings (SSSR count). The second kappa shape index (κ2) is 9.56. The molecule has 2 heterocycles. The zero-order chi connectivity index (χ0) is 24.3. The molecule has 0 saturated carbocycles. The van der Waals surface area contributed by atoms with E-state index in [1.807, 2.05) is 39.8 Å². The summed E-state index contributed by atoms with van der Waals surface area (Å²) in [6.45, 7) is 13.4. The van der Waals surface area contributed by atoms with Gasteiger partial charge in [-0.2, -0.15) is 4.98 Å². The fraction of sp³-hybridized carbons (Fsp3) is 0.458. The minimum atomic E-state index is -0.578.